The Bertz CT molecular complexity index is 874. The molecule has 4 heterocycles. The number of hydrogen-bond donors (Lipinski definition) is 0. The predicted molar refractivity (Wildman–Crippen MR) is 94.8 cm³/mol. The van der Waals surface area contributed by atoms with Crippen molar-refractivity contribution >= 4 is 17.2 Å². The van der Waals surface area contributed by atoms with E-state index in [1.54, 1.807) is 25.2 Å². The van der Waals surface area contributed by atoms with E-state index in [1.807, 2.05) is 22.4 Å². The summed E-state index contributed by atoms with van der Waals surface area (Å²) < 4.78 is 10.5. The van der Waals surface area contributed by atoms with E-state index in [0.717, 1.165) is 18.0 Å². The lowest BCUT2D eigenvalue weighted by Crippen LogP contribution is -2.48. The summed E-state index contributed by atoms with van der Waals surface area (Å²) in [4.78, 5) is 22.2. The van der Waals surface area contributed by atoms with E-state index >= 15 is 0 Å². The van der Waals surface area contributed by atoms with Crippen LogP contribution in [0.15, 0.2) is 26.6 Å². The first-order valence-corrected chi connectivity index (χ1v) is 9.31. The topological polar surface area (TPSA) is 88.5 Å². The number of piperazine rings is 1. The number of hydrogen-bond acceptors (Lipinski definition) is 8. The maximum absolute atomic E-state index is 12.7. The van der Waals surface area contributed by atoms with Gasteiger partial charge in [0.05, 0.1) is 17.1 Å². The number of carbonyl (C=O) groups is 1. The van der Waals surface area contributed by atoms with Gasteiger partial charge in [-0.1, -0.05) is 16.4 Å². The smallest absolute Gasteiger partial charge is 0.259 e. The van der Waals surface area contributed by atoms with Crippen molar-refractivity contribution in [3.8, 4) is 10.7 Å². The number of thiophene rings is 1. The summed E-state index contributed by atoms with van der Waals surface area (Å²) >= 11 is 1.58. The second-order valence-electron chi connectivity index (χ2n) is 6.26. The van der Waals surface area contributed by atoms with E-state index in [-0.39, 0.29) is 5.91 Å². The minimum atomic E-state index is -0.0151. The number of carbonyl (C=O) groups excluding carboxylic acids is 1. The second kappa shape index (κ2) is 7.00. The fourth-order valence-electron chi connectivity index (χ4n) is 3.07. The number of aromatic nitrogens is 3. The van der Waals surface area contributed by atoms with Crippen LogP contribution < -0.4 is 0 Å². The van der Waals surface area contributed by atoms with E-state index in [9.17, 15) is 4.79 Å². The Balaban J connectivity index is 1.35. The Morgan fingerprint density at radius 3 is 2.65 bits per heavy atom. The van der Waals surface area contributed by atoms with E-state index < -0.39 is 0 Å². The summed E-state index contributed by atoms with van der Waals surface area (Å²) in [6.45, 7) is 6.96. The molecular formula is C17H19N5O3S. The molecule has 1 fully saturated rings. The highest BCUT2D eigenvalue weighted by Crippen LogP contribution is 2.22. The number of amides is 1. The van der Waals surface area contributed by atoms with Gasteiger partial charge in [0.1, 0.15) is 11.3 Å². The van der Waals surface area contributed by atoms with Crippen molar-refractivity contribution in [1.82, 2.24) is 25.1 Å². The minimum absolute atomic E-state index is 0.0151. The van der Waals surface area contributed by atoms with Gasteiger partial charge >= 0.3 is 0 Å². The van der Waals surface area contributed by atoms with E-state index in [1.165, 1.54) is 0 Å². The van der Waals surface area contributed by atoms with Crippen molar-refractivity contribution in [2.45, 2.75) is 20.4 Å². The van der Waals surface area contributed by atoms with Crippen LogP contribution in [0.3, 0.4) is 0 Å². The van der Waals surface area contributed by atoms with Crippen LogP contribution in [0.4, 0.5) is 0 Å². The van der Waals surface area contributed by atoms with E-state index in [4.69, 9.17) is 9.05 Å². The fraction of sp³-hybridized carbons (Fsp3) is 0.412. The lowest BCUT2D eigenvalue weighted by molar-refractivity contribution is 0.0613. The van der Waals surface area contributed by atoms with Gasteiger partial charge in [-0.15, -0.1) is 11.3 Å². The predicted octanol–water partition coefficient (Wildman–Crippen LogP) is 2.36. The first kappa shape index (κ1) is 16.9. The van der Waals surface area contributed by atoms with Gasteiger partial charge < -0.3 is 13.9 Å². The molecule has 1 aliphatic rings. The standard InChI is InChI=1S/C17H19N5O3S/c1-11-15(12(2)24-19-11)17(23)22-7-5-21(6-8-22)10-14-18-16(20-25-14)13-4-3-9-26-13/h3-4,9H,5-8,10H2,1-2H3. The number of rotatable bonds is 4. The maximum atomic E-state index is 12.7. The van der Waals surface area contributed by atoms with Gasteiger partial charge in [0.15, 0.2) is 0 Å². The molecule has 4 rings (SSSR count). The SMILES string of the molecule is Cc1noc(C)c1C(=O)N1CCN(Cc2nc(-c3cccs3)no2)CC1. The highest BCUT2D eigenvalue weighted by molar-refractivity contribution is 7.13. The third kappa shape index (κ3) is 3.27. The molecule has 0 spiro atoms. The van der Waals surface area contributed by atoms with Crippen molar-refractivity contribution in [2.24, 2.45) is 0 Å². The second-order valence-corrected chi connectivity index (χ2v) is 7.20. The van der Waals surface area contributed by atoms with Crippen LogP contribution in [0.5, 0.6) is 0 Å². The van der Waals surface area contributed by atoms with Crippen LogP contribution in [-0.2, 0) is 6.54 Å². The molecule has 9 heteroatoms. The van der Waals surface area contributed by atoms with Gasteiger partial charge in [-0.2, -0.15) is 4.98 Å². The van der Waals surface area contributed by atoms with Gasteiger partial charge in [0.2, 0.25) is 11.7 Å². The Hall–Kier alpha value is -2.52. The molecule has 26 heavy (non-hydrogen) atoms. The van der Waals surface area contributed by atoms with Crippen LogP contribution in [0, 0.1) is 13.8 Å². The lowest BCUT2D eigenvalue weighted by Gasteiger charge is -2.33. The van der Waals surface area contributed by atoms with Crippen molar-refractivity contribution in [2.75, 3.05) is 26.2 Å². The molecule has 0 aromatic carbocycles. The molecule has 3 aromatic rings. The normalized spacial score (nSPS) is 15.5. The molecule has 0 aliphatic carbocycles. The summed E-state index contributed by atoms with van der Waals surface area (Å²) in [5, 5.41) is 9.89. The van der Waals surface area contributed by atoms with Crippen molar-refractivity contribution in [3.63, 3.8) is 0 Å². The summed E-state index contributed by atoms with van der Waals surface area (Å²) in [7, 11) is 0. The van der Waals surface area contributed by atoms with Gasteiger partial charge in [-0.3, -0.25) is 9.69 Å². The number of aryl methyl sites for hydroxylation is 2. The first-order valence-electron chi connectivity index (χ1n) is 8.43. The molecule has 136 valence electrons. The van der Waals surface area contributed by atoms with Gasteiger partial charge in [0, 0.05) is 26.2 Å². The molecule has 0 radical (unpaired) electrons. The fourth-order valence-corrected chi connectivity index (χ4v) is 3.72. The van der Waals surface area contributed by atoms with Crippen molar-refractivity contribution < 1.29 is 13.8 Å². The zero-order valence-electron chi connectivity index (χ0n) is 14.6. The molecular weight excluding hydrogens is 354 g/mol. The molecule has 1 aliphatic heterocycles. The highest BCUT2D eigenvalue weighted by atomic mass is 32.1. The lowest BCUT2D eigenvalue weighted by atomic mass is 10.1. The van der Waals surface area contributed by atoms with Gasteiger partial charge in [-0.25, -0.2) is 0 Å². The largest absolute Gasteiger partial charge is 0.361 e. The Morgan fingerprint density at radius 1 is 1.19 bits per heavy atom. The molecule has 8 nitrogen and oxygen atoms in total. The minimum Gasteiger partial charge on any atom is -0.361 e. The molecule has 1 saturated heterocycles. The Kier molecular flexibility index (Phi) is 4.56. The summed E-state index contributed by atoms with van der Waals surface area (Å²) in [6.07, 6.45) is 0. The van der Waals surface area contributed by atoms with Crippen LogP contribution >= 0.6 is 11.3 Å². The highest BCUT2D eigenvalue weighted by Gasteiger charge is 2.27. The third-order valence-corrected chi connectivity index (χ3v) is 5.34. The quantitative estimate of drug-likeness (QED) is 0.693. The molecule has 0 atom stereocenters. The Labute approximate surface area is 154 Å². The summed E-state index contributed by atoms with van der Waals surface area (Å²) in [5.74, 6) is 1.78. The average Bonchev–Trinajstić information content (AvgIpc) is 3.37. The summed E-state index contributed by atoms with van der Waals surface area (Å²) in [5.41, 5.74) is 1.22. The number of nitrogens with zero attached hydrogens (tertiary/aromatic N) is 5. The maximum Gasteiger partial charge on any atom is 0.259 e. The van der Waals surface area contributed by atoms with Gasteiger partial charge in [-0.05, 0) is 25.3 Å². The molecule has 0 saturated carbocycles. The average molecular weight is 373 g/mol. The van der Waals surface area contributed by atoms with Crippen LogP contribution in [0.25, 0.3) is 10.7 Å². The van der Waals surface area contributed by atoms with E-state index in [0.29, 0.717) is 48.4 Å². The van der Waals surface area contributed by atoms with Crippen molar-refractivity contribution in [3.05, 3.63) is 40.4 Å². The monoisotopic (exact) mass is 373 g/mol. The molecule has 1 amide bonds. The van der Waals surface area contributed by atoms with Crippen LogP contribution in [0.2, 0.25) is 0 Å². The first-order chi connectivity index (χ1) is 12.6. The van der Waals surface area contributed by atoms with Crippen LogP contribution in [0.1, 0.15) is 27.7 Å². The van der Waals surface area contributed by atoms with Crippen LogP contribution in [-0.4, -0.2) is 57.2 Å². The third-order valence-electron chi connectivity index (χ3n) is 4.48. The van der Waals surface area contributed by atoms with E-state index in [2.05, 4.69) is 20.2 Å². The Morgan fingerprint density at radius 2 is 2.00 bits per heavy atom. The zero-order valence-corrected chi connectivity index (χ0v) is 15.5. The molecule has 3 aromatic heterocycles. The zero-order chi connectivity index (χ0) is 18.1. The van der Waals surface area contributed by atoms with Gasteiger partial charge in [0.25, 0.3) is 5.91 Å². The summed E-state index contributed by atoms with van der Waals surface area (Å²) in [6, 6.07) is 3.93. The molecule has 0 unspecified atom stereocenters. The van der Waals surface area contributed by atoms with Crippen molar-refractivity contribution in [1.29, 1.82) is 0 Å². The molecule has 0 N–H and O–H groups in total. The molecule has 0 bridgehead atoms.